The molecule has 0 saturated carbocycles. The number of amides is 1. The lowest BCUT2D eigenvalue weighted by molar-refractivity contribution is -0.128. The zero-order chi connectivity index (χ0) is 23.2. The summed E-state index contributed by atoms with van der Waals surface area (Å²) in [7, 11) is 0. The van der Waals surface area contributed by atoms with Crippen LogP contribution in [0.4, 0.5) is 0 Å². The fourth-order valence-corrected chi connectivity index (χ4v) is 4.43. The summed E-state index contributed by atoms with van der Waals surface area (Å²) < 4.78 is 6.29. The van der Waals surface area contributed by atoms with E-state index in [-0.39, 0.29) is 5.78 Å². The Morgan fingerprint density at radius 2 is 1.64 bits per heavy atom. The molecule has 7 heteroatoms. The second kappa shape index (κ2) is 10.2. The van der Waals surface area contributed by atoms with E-state index in [9.17, 15) is 14.4 Å². The fourth-order valence-electron chi connectivity index (χ4n) is 3.43. The van der Waals surface area contributed by atoms with E-state index in [4.69, 9.17) is 4.74 Å². The standard InChI is InChI=1S/C26H22N2O4S/c1-17(29)22(15-18-9-3-2-4-10-18)27-24(30)16-32-26(31)20-12-6-5-11-19(20)25-28-21-13-7-8-14-23(21)33-25/h2-14,22H,15-16H2,1H3,(H,27,30)/t22-/m0/s1. The highest BCUT2D eigenvalue weighted by molar-refractivity contribution is 7.21. The highest BCUT2D eigenvalue weighted by Crippen LogP contribution is 2.32. The van der Waals surface area contributed by atoms with Crippen molar-refractivity contribution in [3.63, 3.8) is 0 Å². The van der Waals surface area contributed by atoms with E-state index < -0.39 is 24.5 Å². The van der Waals surface area contributed by atoms with Crippen molar-refractivity contribution < 1.29 is 19.1 Å². The predicted octanol–water partition coefficient (Wildman–Crippen LogP) is 4.44. The first-order chi connectivity index (χ1) is 16.0. The Morgan fingerprint density at radius 3 is 2.39 bits per heavy atom. The van der Waals surface area contributed by atoms with Crippen LogP contribution in [0.3, 0.4) is 0 Å². The second-order valence-electron chi connectivity index (χ2n) is 7.53. The Bertz CT molecular complexity index is 1270. The van der Waals surface area contributed by atoms with Crippen LogP contribution in [0.15, 0.2) is 78.9 Å². The Morgan fingerprint density at radius 1 is 0.939 bits per heavy atom. The van der Waals surface area contributed by atoms with Crippen LogP contribution in [0.1, 0.15) is 22.8 Å². The number of rotatable bonds is 8. The highest BCUT2D eigenvalue weighted by atomic mass is 32.1. The van der Waals surface area contributed by atoms with Crippen molar-refractivity contribution in [2.75, 3.05) is 6.61 Å². The molecule has 0 saturated heterocycles. The first-order valence-electron chi connectivity index (χ1n) is 10.5. The SMILES string of the molecule is CC(=O)[C@H](Cc1ccccc1)NC(=O)COC(=O)c1ccccc1-c1nc2ccccc2s1. The van der Waals surface area contributed by atoms with Gasteiger partial charge in [-0.3, -0.25) is 9.59 Å². The number of esters is 1. The van der Waals surface area contributed by atoms with E-state index in [1.165, 1.54) is 18.3 Å². The van der Waals surface area contributed by atoms with E-state index in [1.807, 2.05) is 60.7 Å². The molecule has 1 N–H and O–H groups in total. The molecule has 0 fully saturated rings. The van der Waals surface area contributed by atoms with Gasteiger partial charge in [-0.05, 0) is 37.1 Å². The molecule has 166 valence electrons. The molecule has 0 bridgehead atoms. The van der Waals surface area contributed by atoms with Gasteiger partial charge in [-0.2, -0.15) is 0 Å². The molecular formula is C26H22N2O4S. The molecule has 3 aromatic carbocycles. The van der Waals surface area contributed by atoms with E-state index in [0.717, 1.165) is 15.8 Å². The number of para-hydroxylation sites is 1. The van der Waals surface area contributed by atoms with Gasteiger partial charge in [-0.15, -0.1) is 11.3 Å². The van der Waals surface area contributed by atoms with Crippen molar-refractivity contribution >= 4 is 39.2 Å². The molecule has 0 aliphatic rings. The molecule has 4 rings (SSSR count). The monoisotopic (exact) mass is 458 g/mol. The minimum Gasteiger partial charge on any atom is -0.452 e. The molecule has 1 amide bonds. The number of carbonyl (C=O) groups excluding carboxylic acids is 3. The molecule has 0 spiro atoms. The van der Waals surface area contributed by atoms with Gasteiger partial charge in [0.2, 0.25) is 0 Å². The molecule has 1 atom stereocenters. The Kier molecular flexibility index (Phi) is 6.90. The van der Waals surface area contributed by atoms with Gasteiger partial charge in [-0.25, -0.2) is 9.78 Å². The molecule has 1 heterocycles. The average Bonchev–Trinajstić information content (AvgIpc) is 3.27. The third-order valence-corrected chi connectivity index (χ3v) is 6.18. The summed E-state index contributed by atoms with van der Waals surface area (Å²) in [6.45, 7) is 0.944. The van der Waals surface area contributed by atoms with Gasteiger partial charge in [-0.1, -0.05) is 60.7 Å². The summed E-state index contributed by atoms with van der Waals surface area (Å²) in [6.07, 6.45) is 0.371. The van der Waals surface area contributed by atoms with Gasteiger partial charge in [0.15, 0.2) is 12.4 Å². The number of Topliss-reactive ketones (excluding diaryl/α,β-unsaturated/α-hetero) is 1. The van der Waals surface area contributed by atoms with Gasteiger partial charge in [0.25, 0.3) is 5.91 Å². The van der Waals surface area contributed by atoms with E-state index >= 15 is 0 Å². The van der Waals surface area contributed by atoms with Gasteiger partial charge in [0.05, 0.1) is 21.8 Å². The van der Waals surface area contributed by atoms with E-state index in [1.54, 1.807) is 18.2 Å². The lowest BCUT2D eigenvalue weighted by Crippen LogP contribution is -2.43. The highest BCUT2D eigenvalue weighted by Gasteiger charge is 2.21. The number of thiazole rings is 1. The summed E-state index contributed by atoms with van der Waals surface area (Å²) >= 11 is 1.48. The molecular weight excluding hydrogens is 436 g/mol. The third-order valence-electron chi connectivity index (χ3n) is 5.11. The third kappa shape index (κ3) is 5.51. The molecule has 0 unspecified atom stereocenters. The molecule has 6 nitrogen and oxygen atoms in total. The number of ketones is 1. The molecule has 33 heavy (non-hydrogen) atoms. The number of benzene rings is 3. The largest absolute Gasteiger partial charge is 0.452 e. The van der Waals surface area contributed by atoms with Crippen molar-refractivity contribution in [3.8, 4) is 10.6 Å². The summed E-state index contributed by atoms with van der Waals surface area (Å²) in [5, 5.41) is 3.36. The van der Waals surface area contributed by atoms with Gasteiger partial charge in [0, 0.05) is 5.56 Å². The lowest BCUT2D eigenvalue weighted by Gasteiger charge is -2.16. The quantitative estimate of drug-likeness (QED) is 0.395. The maximum absolute atomic E-state index is 12.8. The number of hydrogen-bond donors (Lipinski definition) is 1. The van der Waals surface area contributed by atoms with Crippen LogP contribution in [0.2, 0.25) is 0 Å². The number of aromatic nitrogens is 1. The van der Waals surface area contributed by atoms with Crippen LogP contribution in [-0.2, 0) is 20.7 Å². The maximum atomic E-state index is 12.8. The predicted molar refractivity (Wildman–Crippen MR) is 128 cm³/mol. The number of hydrogen-bond acceptors (Lipinski definition) is 6. The van der Waals surface area contributed by atoms with E-state index in [2.05, 4.69) is 10.3 Å². The molecule has 0 aliphatic carbocycles. The molecule has 4 aromatic rings. The van der Waals surface area contributed by atoms with Crippen molar-refractivity contribution in [2.45, 2.75) is 19.4 Å². The number of nitrogens with zero attached hydrogens (tertiary/aromatic N) is 1. The van der Waals surface area contributed by atoms with Gasteiger partial charge >= 0.3 is 5.97 Å². The maximum Gasteiger partial charge on any atom is 0.339 e. The van der Waals surface area contributed by atoms with Crippen LogP contribution in [0, 0.1) is 0 Å². The molecule has 1 aromatic heterocycles. The van der Waals surface area contributed by atoms with Crippen molar-refractivity contribution in [3.05, 3.63) is 90.0 Å². The van der Waals surface area contributed by atoms with Crippen LogP contribution in [-0.4, -0.2) is 35.3 Å². The van der Waals surface area contributed by atoms with Gasteiger partial charge in [0.1, 0.15) is 5.01 Å². The van der Waals surface area contributed by atoms with Crippen molar-refractivity contribution in [1.29, 1.82) is 0 Å². The number of carbonyl (C=O) groups is 3. The average molecular weight is 459 g/mol. The van der Waals surface area contributed by atoms with Gasteiger partial charge < -0.3 is 10.1 Å². The molecule has 0 radical (unpaired) electrons. The normalized spacial score (nSPS) is 11.7. The summed E-state index contributed by atoms with van der Waals surface area (Å²) in [6, 6.07) is 23.5. The van der Waals surface area contributed by atoms with Crippen LogP contribution in [0.25, 0.3) is 20.8 Å². The minimum atomic E-state index is -0.686. The zero-order valence-electron chi connectivity index (χ0n) is 18.0. The topological polar surface area (TPSA) is 85.4 Å². The lowest BCUT2D eigenvalue weighted by atomic mass is 10.0. The van der Waals surface area contributed by atoms with Crippen molar-refractivity contribution in [1.82, 2.24) is 10.3 Å². The summed E-state index contributed by atoms with van der Waals surface area (Å²) in [5.74, 6) is -1.32. The number of ether oxygens (including phenoxy) is 1. The smallest absolute Gasteiger partial charge is 0.339 e. The number of fused-ring (bicyclic) bond motifs is 1. The minimum absolute atomic E-state index is 0.167. The zero-order valence-corrected chi connectivity index (χ0v) is 18.8. The Labute approximate surface area is 195 Å². The van der Waals surface area contributed by atoms with Crippen LogP contribution in [0.5, 0.6) is 0 Å². The van der Waals surface area contributed by atoms with E-state index in [0.29, 0.717) is 22.6 Å². The van der Waals surface area contributed by atoms with Crippen LogP contribution >= 0.6 is 11.3 Å². The summed E-state index contributed by atoms with van der Waals surface area (Å²) in [5.41, 5.74) is 2.76. The molecule has 0 aliphatic heterocycles. The Hall–Kier alpha value is -3.84. The Balaban J connectivity index is 1.42. The fraction of sp³-hybridized carbons (Fsp3) is 0.154. The number of nitrogens with one attached hydrogen (secondary N) is 1. The first-order valence-corrected chi connectivity index (χ1v) is 11.3. The van der Waals surface area contributed by atoms with Crippen LogP contribution < -0.4 is 5.32 Å². The second-order valence-corrected chi connectivity index (χ2v) is 8.56. The summed E-state index contributed by atoms with van der Waals surface area (Å²) in [4.78, 5) is 41.8. The first kappa shape index (κ1) is 22.4. The van der Waals surface area contributed by atoms with Crippen molar-refractivity contribution in [2.24, 2.45) is 0 Å².